The van der Waals surface area contributed by atoms with Crippen molar-refractivity contribution in [3.05, 3.63) is 34.9 Å². The fraction of sp³-hybridized carbons (Fsp3) is 0.333. The van der Waals surface area contributed by atoms with E-state index in [2.05, 4.69) is 12.2 Å². The van der Waals surface area contributed by atoms with Gasteiger partial charge in [0.15, 0.2) is 0 Å². The molecule has 0 fully saturated rings. The highest BCUT2D eigenvalue weighted by molar-refractivity contribution is 6.32. The number of likely N-dealkylation sites (N-methyl/N-ethyl adjacent to an activating group) is 1. The summed E-state index contributed by atoms with van der Waals surface area (Å²) >= 11 is 6.07. The van der Waals surface area contributed by atoms with Crippen molar-refractivity contribution in [3.63, 3.8) is 0 Å². The molecule has 0 aromatic heterocycles. The van der Waals surface area contributed by atoms with Gasteiger partial charge in [-0.25, -0.2) is 0 Å². The van der Waals surface area contributed by atoms with Gasteiger partial charge in [0.2, 0.25) is 0 Å². The number of halogens is 1. The molecule has 0 bridgehead atoms. The van der Waals surface area contributed by atoms with Crippen LogP contribution in [0.25, 0.3) is 6.08 Å². The van der Waals surface area contributed by atoms with E-state index in [1.165, 1.54) is 0 Å². The van der Waals surface area contributed by atoms with Crippen LogP contribution in [0.15, 0.2) is 24.3 Å². The van der Waals surface area contributed by atoms with Crippen molar-refractivity contribution in [2.24, 2.45) is 0 Å². The number of methoxy groups -OCH3 is 1. The molecule has 1 aromatic rings. The summed E-state index contributed by atoms with van der Waals surface area (Å²) < 4.78 is 5.23. The normalized spacial score (nSPS) is 10.9. The molecule has 15 heavy (non-hydrogen) atoms. The predicted octanol–water partition coefficient (Wildman–Crippen LogP) is 2.97. The van der Waals surface area contributed by atoms with Crippen molar-refractivity contribution in [3.8, 4) is 5.75 Å². The number of nitrogens with one attached hydrogen (secondary N) is 1. The van der Waals surface area contributed by atoms with E-state index in [0.29, 0.717) is 5.02 Å². The average Bonchev–Trinajstić information content (AvgIpc) is 2.26. The lowest BCUT2D eigenvalue weighted by Crippen LogP contribution is -2.11. The monoisotopic (exact) mass is 225 g/mol. The van der Waals surface area contributed by atoms with Crippen molar-refractivity contribution in [2.45, 2.75) is 6.92 Å². The number of rotatable bonds is 5. The minimum Gasteiger partial charge on any atom is -0.496 e. The van der Waals surface area contributed by atoms with Gasteiger partial charge in [0.05, 0.1) is 12.1 Å². The van der Waals surface area contributed by atoms with E-state index >= 15 is 0 Å². The standard InChI is InChI=1S/C12H16ClNO/c1-3-14-9-5-6-10-11(13)7-4-8-12(10)15-2/h4-8,14H,3,9H2,1-2H3/b6-5+. The first kappa shape index (κ1) is 12.1. The minimum absolute atomic E-state index is 0.710. The van der Waals surface area contributed by atoms with Gasteiger partial charge in [0.25, 0.3) is 0 Å². The summed E-state index contributed by atoms with van der Waals surface area (Å²) in [6.07, 6.45) is 4.01. The molecular weight excluding hydrogens is 210 g/mol. The maximum Gasteiger partial charge on any atom is 0.127 e. The molecule has 0 unspecified atom stereocenters. The molecule has 0 saturated heterocycles. The smallest absolute Gasteiger partial charge is 0.127 e. The number of ether oxygens (including phenoxy) is 1. The Balaban J connectivity index is 2.78. The van der Waals surface area contributed by atoms with Gasteiger partial charge in [0.1, 0.15) is 5.75 Å². The Bertz CT molecular complexity index is 336. The van der Waals surface area contributed by atoms with Crippen LogP contribution < -0.4 is 10.1 Å². The Labute approximate surface area is 95.9 Å². The molecule has 0 amide bonds. The molecule has 0 saturated carbocycles. The lowest BCUT2D eigenvalue weighted by Gasteiger charge is -2.06. The number of hydrogen-bond donors (Lipinski definition) is 1. The van der Waals surface area contributed by atoms with E-state index in [-0.39, 0.29) is 0 Å². The zero-order valence-electron chi connectivity index (χ0n) is 9.09. The molecule has 0 heterocycles. The van der Waals surface area contributed by atoms with E-state index in [0.717, 1.165) is 24.4 Å². The third kappa shape index (κ3) is 3.57. The van der Waals surface area contributed by atoms with Gasteiger partial charge in [-0.2, -0.15) is 0 Å². The summed E-state index contributed by atoms with van der Waals surface area (Å²) in [4.78, 5) is 0. The van der Waals surface area contributed by atoms with Crippen LogP contribution in [0.2, 0.25) is 5.02 Å². The Morgan fingerprint density at radius 1 is 1.47 bits per heavy atom. The van der Waals surface area contributed by atoms with Crippen LogP contribution in [0.1, 0.15) is 12.5 Å². The first-order valence-electron chi connectivity index (χ1n) is 4.99. The second kappa shape index (κ2) is 6.49. The highest BCUT2D eigenvalue weighted by Crippen LogP contribution is 2.27. The topological polar surface area (TPSA) is 21.3 Å². The Hall–Kier alpha value is -0.990. The van der Waals surface area contributed by atoms with Crippen molar-refractivity contribution in [1.29, 1.82) is 0 Å². The molecule has 0 radical (unpaired) electrons. The first-order valence-corrected chi connectivity index (χ1v) is 5.37. The zero-order valence-corrected chi connectivity index (χ0v) is 9.84. The molecule has 0 atom stereocenters. The minimum atomic E-state index is 0.710. The van der Waals surface area contributed by atoms with Crippen molar-refractivity contribution < 1.29 is 4.74 Å². The molecule has 1 aromatic carbocycles. The molecule has 3 heteroatoms. The van der Waals surface area contributed by atoms with Crippen LogP contribution in [0.5, 0.6) is 5.75 Å². The van der Waals surface area contributed by atoms with Crippen LogP contribution in [0, 0.1) is 0 Å². The summed E-state index contributed by atoms with van der Waals surface area (Å²) in [6.45, 7) is 3.87. The van der Waals surface area contributed by atoms with Crippen LogP contribution in [-0.2, 0) is 0 Å². The number of benzene rings is 1. The van der Waals surface area contributed by atoms with Crippen molar-refractivity contribution in [2.75, 3.05) is 20.2 Å². The Kier molecular flexibility index (Phi) is 5.22. The molecular formula is C12H16ClNO. The highest BCUT2D eigenvalue weighted by atomic mass is 35.5. The third-order valence-corrected chi connectivity index (χ3v) is 2.36. The summed E-state index contributed by atoms with van der Waals surface area (Å²) in [7, 11) is 1.65. The quantitative estimate of drug-likeness (QED) is 0.778. The Morgan fingerprint density at radius 2 is 2.27 bits per heavy atom. The summed E-state index contributed by atoms with van der Waals surface area (Å²) in [5.74, 6) is 0.801. The van der Waals surface area contributed by atoms with Gasteiger partial charge in [-0.1, -0.05) is 36.7 Å². The second-order valence-corrected chi connectivity index (χ2v) is 3.47. The molecule has 0 aliphatic heterocycles. The maximum atomic E-state index is 6.07. The van der Waals surface area contributed by atoms with Gasteiger partial charge >= 0.3 is 0 Å². The molecule has 82 valence electrons. The fourth-order valence-corrected chi connectivity index (χ4v) is 1.49. The second-order valence-electron chi connectivity index (χ2n) is 3.07. The predicted molar refractivity (Wildman–Crippen MR) is 65.6 cm³/mol. The molecule has 2 nitrogen and oxygen atoms in total. The molecule has 0 aliphatic rings. The fourth-order valence-electron chi connectivity index (χ4n) is 1.26. The van der Waals surface area contributed by atoms with Crippen LogP contribution in [0.3, 0.4) is 0 Å². The summed E-state index contributed by atoms with van der Waals surface area (Å²) in [5, 5.41) is 3.92. The van der Waals surface area contributed by atoms with Crippen molar-refractivity contribution in [1.82, 2.24) is 5.32 Å². The largest absolute Gasteiger partial charge is 0.496 e. The van der Waals surface area contributed by atoms with E-state index in [4.69, 9.17) is 16.3 Å². The maximum absolute atomic E-state index is 6.07. The Morgan fingerprint density at radius 3 is 2.93 bits per heavy atom. The average molecular weight is 226 g/mol. The highest BCUT2D eigenvalue weighted by Gasteiger charge is 2.02. The lowest BCUT2D eigenvalue weighted by atomic mass is 10.2. The van der Waals surface area contributed by atoms with Gasteiger partial charge in [-0.05, 0) is 18.7 Å². The van der Waals surface area contributed by atoms with Gasteiger partial charge in [-0.15, -0.1) is 0 Å². The molecule has 0 aliphatic carbocycles. The lowest BCUT2D eigenvalue weighted by molar-refractivity contribution is 0.414. The van der Waals surface area contributed by atoms with Crippen molar-refractivity contribution >= 4 is 17.7 Å². The first-order chi connectivity index (χ1) is 7.29. The van der Waals surface area contributed by atoms with Crippen LogP contribution in [-0.4, -0.2) is 20.2 Å². The van der Waals surface area contributed by atoms with Gasteiger partial charge in [-0.3, -0.25) is 0 Å². The number of hydrogen-bond acceptors (Lipinski definition) is 2. The SMILES string of the molecule is CCNC/C=C/c1c(Cl)cccc1OC. The van der Waals surface area contributed by atoms with Gasteiger partial charge in [0, 0.05) is 12.1 Å². The molecule has 0 spiro atoms. The van der Waals surface area contributed by atoms with Gasteiger partial charge < -0.3 is 10.1 Å². The summed E-state index contributed by atoms with van der Waals surface area (Å²) in [6, 6.07) is 5.64. The summed E-state index contributed by atoms with van der Waals surface area (Å²) in [5.41, 5.74) is 0.930. The van der Waals surface area contributed by atoms with E-state index in [1.54, 1.807) is 7.11 Å². The molecule has 1 rings (SSSR count). The van der Waals surface area contributed by atoms with E-state index in [1.807, 2.05) is 30.4 Å². The van der Waals surface area contributed by atoms with E-state index < -0.39 is 0 Å². The molecule has 1 N–H and O–H groups in total. The third-order valence-electron chi connectivity index (χ3n) is 2.03. The van der Waals surface area contributed by atoms with Crippen LogP contribution >= 0.6 is 11.6 Å². The van der Waals surface area contributed by atoms with Crippen LogP contribution in [0.4, 0.5) is 0 Å². The zero-order chi connectivity index (χ0) is 11.1. The van der Waals surface area contributed by atoms with E-state index in [9.17, 15) is 0 Å².